The smallest absolute Gasteiger partial charge is 0.293 e. The van der Waals surface area contributed by atoms with E-state index >= 15 is 0 Å². The van der Waals surface area contributed by atoms with Crippen molar-refractivity contribution in [2.75, 3.05) is 0 Å². The molecule has 0 aliphatic rings. The van der Waals surface area contributed by atoms with Crippen molar-refractivity contribution >= 4 is 29.7 Å². The number of halogens is 2. The van der Waals surface area contributed by atoms with Gasteiger partial charge < -0.3 is 4.74 Å². The Morgan fingerprint density at radius 1 is 0.889 bits per heavy atom. The van der Waals surface area contributed by atoms with Crippen molar-refractivity contribution in [1.29, 1.82) is 0 Å². The van der Waals surface area contributed by atoms with Crippen LogP contribution >= 0.6 is 23.2 Å². The van der Waals surface area contributed by atoms with Crippen molar-refractivity contribution in [3.8, 4) is 0 Å². The lowest BCUT2D eigenvalue weighted by Crippen LogP contribution is -1.88. The maximum Gasteiger partial charge on any atom is 0.293 e. The maximum absolute atomic E-state index is 9.76. The molecule has 0 saturated carbocycles. The minimum absolute atomic E-state index is 0.365. The Balaban J connectivity index is 0.000000184. The minimum atomic E-state index is 0.365. The number of ether oxygens (including phenoxy) is 1. The van der Waals surface area contributed by atoms with E-state index in [0.29, 0.717) is 23.1 Å². The molecule has 0 heterocycles. The van der Waals surface area contributed by atoms with Gasteiger partial charge in [0.2, 0.25) is 0 Å². The topological polar surface area (TPSA) is 26.3 Å². The van der Waals surface area contributed by atoms with Gasteiger partial charge in [-0.1, -0.05) is 65.7 Å². The molecule has 0 N–H and O–H groups in total. The fourth-order valence-corrected chi connectivity index (χ4v) is 1.42. The van der Waals surface area contributed by atoms with Crippen molar-refractivity contribution in [3.05, 3.63) is 70.2 Å². The Morgan fingerprint density at radius 2 is 1.39 bits per heavy atom. The van der Waals surface area contributed by atoms with E-state index in [1.807, 2.05) is 42.5 Å². The van der Waals surface area contributed by atoms with E-state index in [2.05, 4.69) is 4.74 Å². The number of hydrogen-bond acceptors (Lipinski definition) is 2. The van der Waals surface area contributed by atoms with Crippen molar-refractivity contribution in [1.82, 2.24) is 0 Å². The predicted molar refractivity (Wildman–Crippen MR) is 73.8 cm³/mol. The number of benzene rings is 2. The van der Waals surface area contributed by atoms with Crippen LogP contribution in [0.3, 0.4) is 0 Å². The number of hydrogen-bond donors (Lipinski definition) is 0. The second-order valence-electron chi connectivity index (χ2n) is 3.31. The third-order valence-electron chi connectivity index (χ3n) is 1.99. The molecule has 2 rings (SSSR count). The molecule has 94 valence electrons. The first-order valence-corrected chi connectivity index (χ1v) is 5.99. The van der Waals surface area contributed by atoms with E-state index in [0.717, 1.165) is 5.56 Å². The maximum atomic E-state index is 9.76. The van der Waals surface area contributed by atoms with Crippen LogP contribution in [0.1, 0.15) is 5.56 Å². The van der Waals surface area contributed by atoms with Crippen LogP contribution < -0.4 is 0 Å². The predicted octanol–water partition coefficient (Wildman–Crippen LogP) is 4.35. The van der Waals surface area contributed by atoms with Gasteiger partial charge in [-0.15, -0.1) is 0 Å². The van der Waals surface area contributed by atoms with Crippen LogP contribution in [0.25, 0.3) is 0 Å². The van der Waals surface area contributed by atoms with E-state index in [9.17, 15) is 4.79 Å². The van der Waals surface area contributed by atoms with E-state index in [1.54, 1.807) is 12.1 Å². The molecule has 0 aliphatic heterocycles. The molecule has 0 unspecified atom stereocenters. The second-order valence-corrected chi connectivity index (χ2v) is 4.12. The number of rotatable bonds is 3. The van der Waals surface area contributed by atoms with Gasteiger partial charge in [0.25, 0.3) is 6.47 Å². The fourth-order valence-electron chi connectivity index (χ4n) is 1.14. The third kappa shape index (κ3) is 5.71. The second kappa shape index (κ2) is 8.56. The Morgan fingerprint density at radius 3 is 1.83 bits per heavy atom. The Labute approximate surface area is 116 Å². The molecule has 2 nitrogen and oxygen atoms in total. The minimum Gasteiger partial charge on any atom is -0.463 e. The first-order chi connectivity index (χ1) is 8.74. The van der Waals surface area contributed by atoms with Crippen molar-refractivity contribution in [2.45, 2.75) is 6.61 Å². The summed E-state index contributed by atoms with van der Waals surface area (Å²) in [5, 5.41) is 1.21. The molecular formula is C14H12Cl2O2. The van der Waals surface area contributed by atoms with Gasteiger partial charge in [-0.25, -0.2) is 0 Å². The Kier molecular flexibility index (Phi) is 6.92. The van der Waals surface area contributed by atoms with Crippen molar-refractivity contribution < 1.29 is 9.53 Å². The molecule has 0 aromatic heterocycles. The highest BCUT2D eigenvalue weighted by atomic mass is 35.5. The molecular weight excluding hydrogens is 271 g/mol. The van der Waals surface area contributed by atoms with Crippen LogP contribution in [0.2, 0.25) is 10.0 Å². The van der Waals surface area contributed by atoms with Gasteiger partial charge in [0, 0.05) is 0 Å². The monoisotopic (exact) mass is 282 g/mol. The molecule has 4 heteroatoms. The van der Waals surface area contributed by atoms with Gasteiger partial charge in [0.1, 0.15) is 6.61 Å². The fraction of sp³-hybridized carbons (Fsp3) is 0.0714. The van der Waals surface area contributed by atoms with Gasteiger partial charge in [0.05, 0.1) is 10.0 Å². The molecule has 0 fully saturated rings. The van der Waals surface area contributed by atoms with Crippen molar-refractivity contribution in [2.24, 2.45) is 0 Å². The lowest BCUT2D eigenvalue weighted by molar-refractivity contribution is -0.129. The summed E-state index contributed by atoms with van der Waals surface area (Å²) >= 11 is 11.2. The summed E-state index contributed by atoms with van der Waals surface area (Å²) in [5.74, 6) is 0. The highest BCUT2D eigenvalue weighted by Crippen LogP contribution is 2.19. The quantitative estimate of drug-likeness (QED) is 0.783. The van der Waals surface area contributed by atoms with Crippen LogP contribution in [0.15, 0.2) is 54.6 Å². The number of carbonyl (C=O) groups is 1. The summed E-state index contributed by atoms with van der Waals surface area (Å²) in [6, 6.07) is 16.7. The van der Waals surface area contributed by atoms with Crippen LogP contribution in [-0.4, -0.2) is 6.47 Å². The first kappa shape index (κ1) is 14.6. The zero-order chi connectivity index (χ0) is 13.2. The molecule has 18 heavy (non-hydrogen) atoms. The average molecular weight is 283 g/mol. The Bertz CT molecular complexity index is 451. The molecule has 0 aliphatic carbocycles. The molecule has 0 amide bonds. The first-order valence-electron chi connectivity index (χ1n) is 5.23. The molecule has 2 aromatic rings. The molecule has 0 bridgehead atoms. The molecule has 0 radical (unpaired) electrons. The standard InChI is InChI=1S/C8H8O2.C6H4Cl2/c9-7-10-6-8-4-2-1-3-5-8;7-5-3-1-2-4-6(5)8/h1-5,7H,6H2;1-4H. The summed E-state index contributed by atoms with van der Waals surface area (Å²) in [5.41, 5.74) is 1.01. The largest absolute Gasteiger partial charge is 0.463 e. The number of carbonyl (C=O) groups excluding carboxylic acids is 1. The van der Waals surface area contributed by atoms with Crippen LogP contribution in [0.5, 0.6) is 0 Å². The average Bonchev–Trinajstić information content (AvgIpc) is 2.42. The van der Waals surface area contributed by atoms with Gasteiger partial charge >= 0.3 is 0 Å². The molecule has 0 atom stereocenters. The summed E-state index contributed by atoms with van der Waals surface area (Å²) in [7, 11) is 0. The van der Waals surface area contributed by atoms with Crippen LogP contribution in [-0.2, 0) is 16.1 Å². The molecule has 0 spiro atoms. The van der Waals surface area contributed by atoms with Crippen molar-refractivity contribution in [3.63, 3.8) is 0 Å². The Hall–Kier alpha value is -1.51. The highest BCUT2D eigenvalue weighted by molar-refractivity contribution is 6.41. The van der Waals surface area contributed by atoms with E-state index < -0.39 is 0 Å². The van der Waals surface area contributed by atoms with E-state index in [-0.39, 0.29) is 0 Å². The van der Waals surface area contributed by atoms with Gasteiger partial charge in [-0.3, -0.25) is 4.79 Å². The normalized spacial score (nSPS) is 9.00. The van der Waals surface area contributed by atoms with Gasteiger partial charge in [-0.2, -0.15) is 0 Å². The van der Waals surface area contributed by atoms with Crippen LogP contribution in [0, 0.1) is 0 Å². The van der Waals surface area contributed by atoms with E-state index in [4.69, 9.17) is 23.2 Å². The van der Waals surface area contributed by atoms with Gasteiger partial charge in [0.15, 0.2) is 0 Å². The molecule has 0 saturated heterocycles. The zero-order valence-corrected chi connectivity index (χ0v) is 11.1. The lowest BCUT2D eigenvalue weighted by atomic mass is 10.2. The SMILES string of the molecule is Clc1ccccc1Cl.O=COCc1ccccc1. The van der Waals surface area contributed by atoms with Crippen LogP contribution in [0.4, 0.5) is 0 Å². The summed E-state index contributed by atoms with van der Waals surface area (Å²) in [4.78, 5) is 9.76. The summed E-state index contributed by atoms with van der Waals surface area (Å²) in [6.45, 7) is 0.817. The lowest BCUT2D eigenvalue weighted by Gasteiger charge is -1.95. The highest BCUT2D eigenvalue weighted by Gasteiger charge is 1.89. The molecule has 2 aromatic carbocycles. The van der Waals surface area contributed by atoms with E-state index in [1.165, 1.54) is 0 Å². The summed E-state index contributed by atoms with van der Waals surface area (Å²) in [6.07, 6.45) is 0. The third-order valence-corrected chi connectivity index (χ3v) is 2.74. The van der Waals surface area contributed by atoms with Gasteiger partial charge in [-0.05, 0) is 17.7 Å². The zero-order valence-electron chi connectivity index (χ0n) is 9.55. The summed E-state index contributed by atoms with van der Waals surface area (Å²) < 4.78 is 4.54.